The van der Waals surface area contributed by atoms with Gasteiger partial charge in [0.15, 0.2) is 0 Å². The lowest BCUT2D eigenvalue weighted by Gasteiger charge is -2.33. The second kappa shape index (κ2) is 5.48. The lowest BCUT2D eigenvalue weighted by atomic mass is 9.81. The molecule has 3 rings (SSSR count). The smallest absolute Gasteiger partial charge is 0.0961 e. The maximum Gasteiger partial charge on any atom is 0.0961 e. The first-order valence-corrected chi connectivity index (χ1v) is 7.31. The molecule has 1 aliphatic rings. The summed E-state index contributed by atoms with van der Waals surface area (Å²) in [7, 11) is 0. The van der Waals surface area contributed by atoms with E-state index in [2.05, 4.69) is 9.97 Å². The van der Waals surface area contributed by atoms with Gasteiger partial charge >= 0.3 is 0 Å². The van der Waals surface area contributed by atoms with E-state index in [0.717, 1.165) is 28.1 Å². The Morgan fingerprint density at radius 3 is 2.36 bits per heavy atom. The van der Waals surface area contributed by atoms with Gasteiger partial charge in [-0.1, -0.05) is 18.2 Å². The minimum absolute atomic E-state index is 0.357. The number of allylic oxidation sites excluding steroid dienone is 2. The van der Waals surface area contributed by atoms with E-state index in [1.54, 1.807) is 12.4 Å². The Labute approximate surface area is 130 Å². The van der Waals surface area contributed by atoms with Gasteiger partial charge in [-0.2, -0.15) is 0 Å². The Morgan fingerprint density at radius 2 is 1.73 bits per heavy atom. The van der Waals surface area contributed by atoms with Crippen molar-refractivity contribution in [3.8, 4) is 0 Å². The van der Waals surface area contributed by atoms with Crippen molar-refractivity contribution in [2.24, 2.45) is 11.5 Å². The van der Waals surface area contributed by atoms with E-state index in [9.17, 15) is 0 Å². The summed E-state index contributed by atoms with van der Waals surface area (Å²) in [5.41, 5.74) is 17.0. The highest BCUT2D eigenvalue weighted by Crippen LogP contribution is 2.30. The van der Waals surface area contributed by atoms with E-state index >= 15 is 0 Å². The summed E-state index contributed by atoms with van der Waals surface area (Å²) in [6.45, 7) is 4.06. The molecule has 2 atom stereocenters. The lowest BCUT2D eigenvalue weighted by Crippen LogP contribution is -2.51. The zero-order valence-electron chi connectivity index (χ0n) is 12.8. The summed E-state index contributed by atoms with van der Waals surface area (Å²) in [5.74, 6) is 0. The highest BCUT2D eigenvalue weighted by Gasteiger charge is 2.34. The fourth-order valence-corrected chi connectivity index (χ4v) is 2.62. The van der Waals surface area contributed by atoms with Crippen LogP contribution in [0.2, 0.25) is 0 Å². The molecule has 0 saturated heterocycles. The zero-order chi connectivity index (χ0) is 15.7. The van der Waals surface area contributed by atoms with Gasteiger partial charge in [-0.25, -0.2) is 0 Å². The van der Waals surface area contributed by atoms with Gasteiger partial charge < -0.3 is 11.5 Å². The number of hydrogen-bond donors (Lipinski definition) is 2. The summed E-state index contributed by atoms with van der Waals surface area (Å²) in [5, 5.41) is 0. The SMILES string of the molecule is Cc1ccnc(C2=CC(N)C(N)(c3cc(C)ccn3)C=C2)c1. The van der Waals surface area contributed by atoms with Crippen LogP contribution in [0.3, 0.4) is 0 Å². The standard InChI is InChI=1S/C18H20N4/c1-12-4-7-21-15(9-12)14-3-6-18(20,16(19)11-14)17-10-13(2)5-8-22-17/h3-11,16H,19-20H2,1-2H3. The summed E-state index contributed by atoms with van der Waals surface area (Å²) in [6, 6.07) is 7.58. The van der Waals surface area contributed by atoms with Crippen molar-refractivity contribution in [1.29, 1.82) is 0 Å². The van der Waals surface area contributed by atoms with E-state index in [-0.39, 0.29) is 6.04 Å². The molecule has 4 nitrogen and oxygen atoms in total. The van der Waals surface area contributed by atoms with Crippen molar-refractivity contribution in [1.82, 2.24) is 9.97 Å². The normalized spacial score (nSPS) is 24.2. The first kappa shape index (κ1) is 14.6. The molecule has 0 aliphatic heterocycles. The van der Waals surface area contributed by atoms with Gasteiger partial charge in [0.25, 0.3) is 0 Å². The van der Waals surface area contributed by atoms with Crippen LogP contribution in [0.15, 0.2) is 54.9 Å². The van der Waals surface area contributed by atoms with Gasteiger partial charge in [-0.15, -0.1) is 0 Å². The number of rotatable bonds is 2. The summed E-state index contributed by atoms with van der Waals surface area (Å²) in [6.07, 6.45) is 9.44. The fraction of sp³-hybridized carbons (Fsp3) is 0.222. The first-order valence-electron chi connectivity index (χ1n) is 7.31. The molecule has 2 aromatic heterocycles. The molecule has 4 heteroatoms. The predicted octanol–water partition coefficient (Wildman–Crippen LogP) is 2.23. The number of hydrogen-bond acceptors (Lipinski definition) is 4. The zero-order valence-corrected chi connectivity index (χ0v) is 12.8. The highest BCUT2D eigenvalue weighted by atomic mass is 14.9. The van der Waals surface area contributed by atoms with Crippen LogP contribution >= 0.6 is 0 Å². The largest absolute Gasteiger partial charge is 0.322 e. The third-order valence-corrected chi connectivity index (χ3v) is 4.02. The lowest BCUT2D eigenvalue weighted by molar-refractivity contribution is 0.479. The van der Waals surface area contributed by atoms with Crippen LogP contribution < -0.4 is 11.5 Å². The number of aromatic nitrogens is 2. The average molecular weight is 292 g/mol. The molecule has 0 saturated carbocycles. The average Bonchev–Trinajstić information content (AvgIpc) is 2.50. The summed E-state index contributed by atoms with van der Waals surface area (Å²) in [4.78, 5) is 8.80. The second-order valence-electron chi connectivity index (χ2n) is 5.85. The van der Waals surface area contributed by atoms with Gasteiger partial charge in [-0.3, -0.25) is 9.97 Å². The molecule has 112 valence electrons. The fourth-order valence-electron chi connectivity index (χ4n) is 2.62. The number of aryl methyl sites for hydroxylation is 2. The molecule has 2 heterocycles. The van der Waals surface area contributed by atoms with E-state index in [1.807, 2.05) is 56.3 Å². The van der Waals surface area contributed by atoms with Crippen LogP contribution in [-0.4, -0.2) is 16.0 Å². The molecule has 0 fully saturated rings. The molecule has 2 unspecified atom stereocenters. The van der Waals surface area contributed by atoms with E-state index in [0.29, 0.717) is 0 Å². The summed E-state index contributed by atoms with van der Waals surface area (Å²) < 4.78 is 0. The molecule has 0 amide bonds. The first-order chi connectivity index (χ1) is 10.5. The Bertz CT molecular complexity index is 763. The van der Waals surface area contributed by atoms with Crippen molar-refractivity contribution < 1.29 is 0 Å². The summed E-state index contributed by atoms with van der Waals surface area (Å²) >= 11 is 0. The molecule has 0 aromatic carbocycles. The van der Waals surface area contributed by atoms with Crippen LogP contribution in [0, 0.1) is 13.8 Å². The monoisotopic (exact) mass is 292 g/mol. The van der Waals surface area contributed by atoms with Gasteiger partial charge in [0.05, 0.1) is 23.0 Å². The van der Waals surface area contributed by atoms with Gasteiger partial charge in [0.1, 0.15) is 0 Å². The van der Waals surface area contributed by atoms with Crippen LogP contribution in [0.4, 0.5) is 0 Å². The Hall–Kier alpha value is -2.30. The van der Waals surface area contributed by atoms with E-state index < -0.39 is 5.54 Å². The molecule has 1 aliphatic carbocycles. The van der Waals surface area contributed by atoms with Gasteiger partial charge in [0, 0.05) is 12.4 Å². The van der Waals surface area contributed by atoms with Crippen LogP contribution in [0.5, 0.6) is 0 Å². The number of pyridine rings is 2. The Balaban J connectivity index is 1.96. The second-order valence-corrected chi connectivity index (χ2v) is 5.85. The van der Waals surface area contributed by atoms with Crippen molar-refractivity contribution in [3.05, 3.63) is 77.4 Å². The minimum Gasteiger partial charge on any atom is -0.322 e. The van der Waals surface area contributed by atoms with Gasteiger partial charge in [-0.05, 0) is 54.8 Å². The molecular weight excluding hydrogens is 272 g/mol. The molecule has 0 bridgehead atoms. The molecule has 22 heavy (non-hydrogen) atoms. The molecule has 0 radical (unpaired) electrons. The van der Waals surface area contributed by atoms with E-state index in [1.165, 1.54) is 0 Å². The minimum atomic E-state index is -0.792. The maximum absolute atomic E-state index is 6.52. The number of nitrogens with two attached hydrogens (primary N) is 2. The Kier molecular flexibility index (Phi) is 3.64. The maximum atomic E-state index is 6.52. The topological polar surface area (TPSA) is 77.8 Å². The van der Waals surface area contributed by atoms with Crippen LogP contribution in [-0.2, 0) is 5.54 Å². The molecule has 4 N–H and O–H groups in total. The van der Waals surface area contributed by atoms with Gasteiger partial charge in [0.2, 0.25) is 0 Å². The molecule has 2 aromatic rings. The van der Waals surface area contributed by atoms with Crippen molar-refractivity contribution in [3.63, 3.8) is 0 Å². The van der Waals surface area contributed by atoms with Crippen molar-refractivity contribution >= 4 is 5.57 Å². The third kappa shape index (κ3) is 2.58. The molecular formula is C18H20N4. The van der Waals surface area contributed by atoms with E-state index in [4.69, 9.17) is 11.5 Å². The third-order valence-electron chi connectivity index (χ3n) is 4.02. The van der Waals surface area contributed by atoms with Crippen molar-refractivity contribution in [2.75, 3.05) is 0 Å². The quantitative estimate of drug-likeness (QED) is 0.889. The Morgan fingerprint density at radius 1 is 1.05 bits per heavy atom. The van der Waals surface area contributed by atoms with Crippen LogP contribution in [0.25, 0.3) is 5.57 Å². The van der Waals surface area contributed by atoms with Crippen molar-refractivity contribution in [2.45, 2.75) is 25.4 Å². The highest BCUT2D eigenvalue weighted by molar-refractivity contribution is 5.74. The number of nitrogens with zero attached hydrogens (tertiary/aromatic N) is 2. The molecule has 0 spiro atoms. The van der Waals surface area contributed by atoms with Crippen LogP contribution in [0.1, 0.15) is 22.5 Å². The predicted molar refractivity (Wildman–Crippen MR) is 88.9 cm³/mol.